The first-order valence-corrected chi connectivity index (χ1v) is 11.0. The fraction of sp³-hybridized carbons (Fsp3) is 0.571. The molecule has 2 N–H and O–H groups in total. The van der Waals surface area contributed by atoms with Crippen molar-refractivity contribution in [2.75, 3.05) is 39.9 Å². The van der Waals surface area contributed by atoms with Gasteiger partial charge in [0.05, 0.1) is 12.8 Å². The molecule has 0 aromatic carbocycles. The number of nitrogens with one attached hydrogen (secondary N) is 2. The summed E-state index contributed by atoms with van der Waals surface area (Å²) in [4.78, 5) is 8.61. The Balaban J connectivity index is 1.46. The maximum Gasteiger partial charge on any atom is 0.191 e. The van der Waals surface area contributed by atoms with Gasteiger partial charge in [-0.05, 0) is 42.8 Å². The number of ether oxygens (including phenoxy) is 1. The highest BCUT2D eigenvalue weighted by Gasteiger charge is 2.19. The van der Waals surface area contributed by atoms with Crippen molar-refractivity contribution in [1.82, 2.24) is 15.5 Å². The molecule has 28 heavy (non-hydrogen) atoms. The fourth-order valence-corrected chi connectivity index (χ4v) is 4.03. The highest BCUT2D eigenvalue weighted by molar-refractivity contribution is 7.09. The molecule has 0 atom stereocenters. The molecule has 2 aromatic rings. The first kappa shape index (κ1) is 20.9. The molecule has 1 aliphatic heterocycles. The summed E-state index contributed by atoms with van der Waals surface area (Å²) in [5.74, 6) is 1.90. The average Bonchev–Trinajstić information content (AvgIpc) is 3.42. The van der Waals surface area contributed by atoms with E-state index in [0.717, 1.165) is 70.2 Å². The molecule has 2 aromatic heterocycles. The van der Waals surface area contributed by atoms with Crippen molar-refractivity contribution in [3.05, 3.63) is 46.5 Å². The predicted octanol–water partition coefficient (Wildman–Crippen LogP) is 3.12. The van der Waals surface area contributed by atoms with Gasteiger partial charge >= 0.3 is 0 Å². The second-order valence-corrected chi connectivity index (χ2v) is 8.14. The summed E-state index contributed by atoms with van der Waals surface area (Å²) in [5, 5.41) is 9.22. The average molecular weight is 405 g/mol. The molecular formula is C21H32N4O2S. The van der Waals surface area contributed by atoms with Crippen LogP contribution in [0.25, 0.3) is 0 Å². The van der Waals surface area contributed by atoms with Gasteiger partial charge in [-0.3, -0.25) is 0 Å². The van der Waals surface area contributed by atoms with Crippen LogP contribution in [0.5, 0.6) is 0 Å². The molecule has 1 aliphatic rings. The van der Waals surface area contributed by atoms with Gasteiger partial charge in [0.15, 0.2) is 5.96 Å². The molecule has 0 saturated carbocycles. The van der Waals surface area contributed by atoms with Crippen LogP contribution in [0.2, 0.25) is 0 Å². The Bertz CT molecular complexity index is 665. The number of thiophene rings is 1. The second kappa shape index (κ2) is 11.9. The lowest BCUT2D eigenvalue weighted by Crippen LogP contribution is -2.49. The van der Waals surface area contributed by atoms with Crippen LogP contribution >= 0.6 is 11.3 Å². The Kier molecular flexibility index (Phi) is 8.87. The van der Waals surface area contributed by atoms with E-state index < -0.39 is 0 Å². The Morgan fingerprint density at radius 3 is 2.93 bits per heavy atom. The van der Waals surface area contributed by atoms with Crippen molar-refractivity contribution in [2.45, 2.75) is 38.3 Å². The molecule has 0 unspecified atom stereocenters. The summed E-state index contributed by atoms with van der Waals surface area (Å²) in [5.41, 5.74) is 0. The van der Waals surface area contributed by atoms with Gasteiger partial charge in [0.2, 0.25) is 0 Å². The van der Waals surface area contributed by atoms with Crippen LogP contribution in [0.15, 0.2) is 45.3 Å². The molecule has 0 spiro atoms. The largest absolute Gasteiger partial charge is 0.469 e. The third-order valence-electron chi connectivity index (χ3n) is 4.97. The quantitative estimate of drug-likeness (QED) is 0.362. The molecule has 0 amide bonds. The number of hydrogen-bond acceptors (Lipinski definition) is 5. The molecule has 0 radical (unpaired) electrons. The van der Waals surface area contributed by atoms with E-state index >= 15 is 0 Å². The molecular weight excluding hydrogens is 372 g/mol. The van der Waals surface area contributed by atoms with E-state index in [-0.39, 0.29) is 0 Å². The molecule has 6 nitrogen and oxygen atoms in total. The summed E-state index contributed by atoms with van der Waals surface area (Å²) in [6, 6.07) is 8.62. The minimum absolute atomic E-state index is 0.469. The number of likely N-dealkylation sites (tertiary alicyclic amines) is 1. The maximum absolute atomic E-state index is 5.42. The van der Waals surface area contributed by atoms with Crippen molar-refractivity contribution in [2.24, 2.45) is 4.99 Å². The normalized spacial score (nSPS) is 16.4. The number of hydrogen-bond donors (Lipinski definition) is 2. The number of aliphatic imine (C=N–C) groups is 1. The summed E-state index contributed by atoms with van der Waals surface area (Å²) < 4.78 is 10.6. The molecule has 0 aliphatic carbocycles. The minimum Gasteiger partial charge on any atom is -0.469 e. The lowest BCUT2D eigenvalue weighted by atomic mass is 10.1. The van der Waals surface area contributed by atoms with Gasteiger partial charge in [-0.2, -0.15) is 0 Å². The molecule has 1 saturated heterocycles. The smallest absolute Gasteiger partial charge is 0.191 e. The molecule has 1 fully saturated rings. The number of rotatable bonds is 10. The van der Waals surface area contributed by atoms with E-state index in [4.69, 9.17) is 14.1 Å². The van der Waals surface area contributed by atoms with Crippen molar-refractivity contribution >= 4 is 17.3 Å². The van der Waals surface area contributed by atoms with E-state index in [0.29, 0.717) is 12.6 Å². The van der Waals surface area contributed by atoms with E-state index in [9.17, 15) is 0 Å². The van der Waals surface area contributed by atoms with Crippen LogP contribution in [0, 0.1) is 0 Å². The Hall–Kier alpha value is -1.83. The van der Waals surface area contributed by atoms with Crippen LogP contribution in [0.4, 0.5) is 0 Å². The topological polar surface area (TPSA) is 62.0 Å². The lowest BCUT2D eigenvalue weighted by molar-refractivity contribution is 0.155. The van der Waals surface area contributed by atoms with Gasteiger partial charge in [-0.25, -0.2) is 4.99 Å². The monoisotopic (exact) mass is 404 g/mol. The van der Waals surface area contributed by atoms with Gasteiger partial charge in [0.1, 0.15) is 5.76 Å². The van der Waals surface area contributed by atoms with Gasteiger partial charge < -0.3 is 24.7 Å². The fourth-order valence-electron chi connectivity index (χ4n) is 3.40. The van der Waals surface area contributed by atoms with Crippen molar-refractivity contribution < 1.29 is 9.15 Å². The second-order valence-electron chi connectivity index (χ2n) is 7.11. The number of nitrogens with zero attached hydrogens (tertiary/aromatic N) is 2. The molecule has 0 bridgehead atoms. The van der Waals surface area contributed by atoms with E-state index in [2.05, 4.69) is 33.0 Å². The van der Waals surface area contributed by atoms with Crippen molar-refractivity contribution in [1.29, 1.82) is 0 Å². The zero-order valence-corrected chi connectivity index (χ0v) is 17.5. The Morgan fingerprint density at radius 2 is 2.21 bits per heavy atom. The van der Waals surface area contributed by atoms with Crippen molar-refractivity contribution in [3.63, 3.8) is 0 Å². The first-order chi connectivity index (χ1) is 13.8. The molecule has 3 heterocycles. The summed E-state index contributed by atoms with van der Waals surface area (Å²) in [6.07, 6.45) is 5.97. The number of piperidine rings is 1. The van der Waals surface area contributed by atoms with Gasteiger partial charge in [0, 0.05) is 57.2 Å². The number of guanidine groups is 1. The predicted molar refractivity (Wildman–Crippen MR) is 115 cm³/mol. The van der Waals surface area contributed by atoms with Crippen LogP contribution in [-0.2, 0) is 17.7 Å². The molecule has 3 rings (SSSR count). The SMILES string of the molecule is COCCCN1CCC(NC(=NCc2cccs2)NCCc2ccco2)CC1. The van der Waals surface area contributed by atoms with E-state index in [1.807, 2.05) is 12.1 Å². The molecule has 7 heteroatoms. The highest BCUT2D eigenvalue weighted by Crippen LogP contribution is 2.12. The summed E-state index contributed by atoms with van der Waals surface area (Å²) >= 11 is 1.75. The number of methoxy groups -OCH3 is 1. The Labute approximate surface area is 172 Å². The van der Waals surface area contributed by atoms with E-state index in [1.54, 1.807) is 24.7 Å². The van der Waals surface area contributed by atoms with Crippen LogP contribution in [0.1, 0.15) is 29.9 Å². The van der Waals surface area contributed by atoms with Crippen LogP contribution in [0.3, 0.4) is 0 Å². The standard InChI is InChI=1S/C21H32N4O2S/c1-26-14-4-11-25-12-8-18(9-13-25)24-21(23-17-20-6-3-16-28-20)22-10-7-19-5-2-15-27-19/h2-3,5-6,15-16,18H,4,7-14,17H2,1H3,(H2,22,23,24). The van der Waals surface area contributed by atoms with Crippen molar-refractivity contribution in [3.8, 4) is 0 Å². The van der Waals surface area contributed by atoms with Gasteiger partial charge in [-0.1, -0.05) is 6.07 Å². The van der Waals surface area contributed by atoms with Gasteiger partial charge in [-0.15, -0.1) is 11.3 Å². The molecule has 154 valence electrons. The third kappa shape index (κ3) is 7.30. The van der Waals surface area contributed by atoms with Gasteiger partial charge in [0.25, 0.3) is 0 Å². The third-order valence-corrected chi connectivity index (χ3v) is 5.83. The van der Waals surface area contributed by atoms with Crippen LogP contribution < -0.4 is 10.6 Å². The summed E-state index contributed by atoms with van der Waals surface area (Å²) in [7, 11) is 1.77. The van der Waals surface area contributed by atoms with E-state index in [1.165, 1.54) is 4.88 Å². The maximum atomic E-state index is 5.42. The first-order valence-electron chi connectivity index (χ1n) is 10.1. The highest BCUT2D eigenvalue weighted by atomic mass is 32.1. The zero-order valence-electron chi connectivity index (χ0n) is 16.7. The zero-order chi connectivity index (χ0) is 19.4. The minimum atomic E-state index is 0.469. The van der Waals surface area contributed by atoms with Crippen LogP contribution in [-0.4, -0.2) is 56.8 Å². The lowest BCUT2D eigenvalue weighted by Gasteiger charge is -2.33. The summed E-state index contributed by atoms with van der Waals surface area (Å²) in [6.45, 7) is 5.75. The number of furan rings is 1. The Morgan fingerprint density at radius 1 is 1.32 bits per heavy atom.